The highest BCUT2D eigenvalue weighted by Crippen LogP contribution is 2.17. The van der Waals surface area contributed by atoms with Gasteiger partial charge in [-0.15, -0.1) is 11.8 Å². The number of hydrogen-bond acceptors (Lipinski definition) is 4. The molecule has 92 valence electrons. The Balaban J connectivity index is 1.84. The summed E-state index contributed by atoms with van der Waals surface area (Å²) in [6.07, 6.45) is -0.985. The summed E-state index contributed by atoms with van der Waals surface area (Å²) in [4.78, 5) is 11.2. The number of benzene rings is 1. The first-order chi connectivity index (χ1) is 8.15. The van der Waals surface area contributed by atoms with E-state index in [9.17, 15) is 14.3 Å². The van der Waals surface area contributed by atoms with E-state index in [4.69, 9.17) is 0 Å². The fraction of sp³-hybridized carbons (Fsp3) is 0.364. The second-order valence-corrected chi connectivity index (χ2v) is 4.85. The van der Waals surface area contributed by atoms with Crippen LogP contribution in [0.1, 0.15) is 5.56 Å². The molecule has 1 aromatic carbocycles. The largest absolute Gasteiger partial charge is 0.382 e. The SMILES string of the molecule is O=C1NC(SCc2cccc(F)c2)NCC1O. The van der Waals surface area contributed by atoms with Gasteiger partial charge in [0, 0.05) is 12.3 Å². The number of carbonyl (C=O) groups is 1. The first-order valence-electron chi connectivity index (χ1n) is 5.23. The Labute approximate surface area is 103 Å². The molecule has 6 heteroatoms. The molecule has 17 heavy (non-hydrogen) atoms. The number of carbonyl (C=O) groups excluding carboxylic acids is 1. The Kier molecular flexibility index (Phi) is 3.98. The quantitative estimate of drug-likeness (QED) is 0.733. The molecule has 1 aliphatic heterocycles. The fourth-order valence-corrected chi connectivity index (χ4v) is 2.45. The van der Waals surface area contributed by atoms with Crippen LogP contribution in [-0.4, -0.2) is 29.2 Å². The normalized spacial score (nSPS) is 24.5. The van der Waals surface area contributed by atoms with E-state index in [1.54, 1.807) is 6.07 Å². The van der Waals surface area contributed by atoms with Crippen LogP contribution in [0.25, 0.3) is 0 Å². The molecule has 2 atom stereocenters. The van der Waals surface area contributed by atoms with Crippen molar-refractivity contribution in [3.63, 3.8) is 0 Å². The first kappa shape index (κ1) is 12.3. The summed E-state index contributed by atoms with van der Waals surface area (Å²) in [7, 11) is 0. The molecule has 1 aromatic rings. The number of aliphatic hydroxyl groups excluding tert-OH is 1. The molecular formula is C11H13FN2O2S. The smallest absolute Gasteiger partial charge is 0.252 e. The molecule has 0 saturated carbocycles. The third-order valence-electron chi connectivity index (χ3n) is 2.38. The number of hydrogen-bond donors (Lipinski definition) is 3. The van der Waals surface area contributed by atoms with Gasteiger partial charge in [-0.2, -0.15) is 0 Å². The van der Waals surface area contributed by atoms with Gasteiger partial charge in [0.2, 0.25) is 0 Å². The molecule has 4 nitrogen and oxygen atoms in total. The van der Waals surface area contributed by atoms with Gasteiger partial charge < -0.3 is 10.4 Å². The average molecular weight is 256 g/mol. The third-order valence-corrected chi connectivity index (χ3v) is 3.50. The number of halogens is 1. The molecule has 0 radical (unpaired) electrons. The van der Waals surface area contributed by atoms with Crippen LogP contribution < -0.4 is 10.6 Å². The van der Waals surface area contributed by atoms with E-state index in [-0.39, 0.29) is 23.8 Å². The minimum atomic E-state index is -0.985. The maximum absolute atomic E-state index is 12.9. The van der Waals surface area contributed by atoms with E-state index >= 15 is 0 Å². The lowest BCUT2D eigenvalue weighted by molar-refractivity contribution is -0.131. The molecule has 0 aliphatic carbocycles. The number of nitrogens with one attached hydrogen (secondary N) is 2. The van der Waals surface area contributed by atoms with E-state index in [0.29, 0.717) is 5.75 Å². The predicted molar refractivity (Wildman–Crippen MR) is 63.6 cm³/mol. The number of aliphatic hydroxyl groups is 1. The van der Waals surface area contributed by atoms with Crippen LogP contribution in [0.3, 0.4) is 0 Å². The Morgan fingerprint density at radius 2 is 2.35 bits per heavy atom. The maximum Gasteiger partial charge on any atom is 0.252 e. The minimum Gasteiger partial charge on any atom is -0.382 e. The number of rotatable bonds is 3. The lowest BCUT2D eigenvalue weighted by Crippen LogP contribution is -2.57. The summed E-state index contributed by atoms with van der Waals surface area (Å²) >= 11 is 1.44. The summed E-state index contributed by atoms with van der Waals surface area (Å²) in [6.45, 7) is 0.243. The van der Waals surface area contributed by atoms with Crippen LogP contribution in [0.2, 0.25) is 0 Å². The fourth-order valence-electron chi connectivity index (χ4n) is 1.49. The lowest BCUT2D eigenvalue weighted by atomic mass is 10.2. The van der Waals surface area contributed by atoms with E-state index in [1.165, 1.54) is 23.9 Å². The number of thioether (sulfide) groups is 1. The van der Waals surface area contributed by atoms with Gasteiger partial charge in [0.15, 0.2) is 0 Å². The standard InChI is InChI=1S/C11H13FN2O2S/c12-8-3-1-2-7(4-8)6-17-11-13-5-9(15)10(16)14-11/h1-4,9,11,13,15H,5-6H2,(H,14,16). The van der Waals surface area contributed by atoms with Crippen LogP contribution in [0.15, 0.2) is 24.3 Å². The summed E-state index contributed by atoms with van der Waals surface area (Å²) in [5, 5.41) is 14.8. The first-order valence-corrected chi connectivity index (χ1v) is 6.28. The van der Waals surface area contributed by atoms with Gasteiger partial charge in [-0.1, -0.05) is 12.1 Å². The molecule has 1 heterocycles. The molecule has 1 aliphatic rings. The molecule has 0 spiro atoms. The topological polar surface area (TPSA) is 61.4 Å². The van der Waals surface area contributed by atoms with Crippen molar-refractivity contribution in [1.82, 2.24) is 10.6 Å². The monoisotopic (exact) mass is 256 g/mol. The van der Waals surface area contributed by atoms with Gasteiger partial charge in [0.25, 0.3) is 5.91 Å². The number of amides is 1. The summed E-state index contributed by atoms with van der Waals surface area (Å²) in [5.74, 6) is -0.0501. The molecule has 1 saturated heterocycles. The Bertz CT molecular complexity index is 416. The number of β-amino-alcohol motifs (C(OH)–C–C–N with tert-alkyl or cyclic N) is 1. The van der Waals surface area contributed by atoms with Crippen LogP contribution in [0.4, 0.5) is 4.39 Å². The van der Waals surface area contributed by atoms with E-state index in [0.717, 1.165) is 5.56 Å². The molecule has 3 N–H and O–H groups in total. The van der Waals surface area contributed by atoms with Gasteiger partial charge in [0.05, 0.1) is 0 Å². The Morgan fingerprint density at radius 1 is 1.53 bits per heavy atom. The van der Waals surface area contributed by atoms with Crippen molar-refractivity contribution in [2.24, 2.45) is 0 Å². The zero-order valence-electron chi connectivity index (χ0n) is 9.02. The molecular weight excluding hydrogens is 243 g/mol. The highest BCUT2D eigenvalue weighted by molar-refractivity contribution is 7.99. The highest BCUT2D eigenvalue weighted by Gasteiger charge is 2.25. The van der Waals surface area contributed by atoms with E-state index in [2.05, 4.69) is 10.6 Å². The third kappa shape index (κ3) is 3.42. The second-order valence-electron chi connectivity index (χ2n) is 3.75. The minimum absolute atomic E-state index is 0.242. The van der Waals surface area contributed by atoms with Gasteiger partial charge in [-0.25, -0.2) is 4.39 Å². The lowest BCUT2D eigenvalue weighted by Gasteiger charge is -2.27. The van der Waals surface area contributed by atoms with Gasteiger partial charge in [0.1, 0.15) is 17.4 Å². The highest BCUT2D eigenvalue weighted by atomic mass is 32.2. The van der Waals surface area contributed by atoms with Crippen LogP contribution in [0.5, 0.6) is 0 Å². The molecule has 2 rings (SSSR count). The van der Waals surface area contributed by atoms with Crippen molar-refractivity contribution in [1.29, 1.82) is 0 Å². The Hall–Kier alpha value is -1.11. The molecule has 0 aromatic heterocycles. The van der Waals surface area contributed by atoms with E-state index in [1.807, 2.05) is 6.07 Å². The van der Waals surface area contributed by atoms with Crippen molar-refractivity contribution >= 4 is 17.7 Å². The molecule has 1 amide bonds. The van der Waals surface area contributed by atoms with E-state index < -0.39 is 6.10 Å². The Morgan fingerprint density at radius 3 is 3.06 bits per heavy atom. The average Bonchev–Trinajstić information content (AvgIpc) is 2.31. The predicted octanol–water partition coefficient (Wildman–Crippen LogP) is 0.423. The van der Waals surface area contributed by atoms with Gasteiger partial charge in [-0.3, -0.25) is 10.1 Å². The van der Waals surface area contributed by atoms with Crippen molar-refractivity contribution in [2.75, 3.05) is 6.54 Å². The maximum atomic E-state index is 12.9. The van der Waals surface area contributed by atoms with Crippen molar-refractivity contribution in [3.8, 4) is 0 Å². The second kappa shape index (κ2) is 5.48. The molecule has 2 unspecified atom stereocenters. The zero-order valence-corrected chi connectivity index (χ0v) is 9.84. The summed E-state index contributed by atoms with van der Waals surface area (Å²) in [6, 6.07) is 6.34. The summed E-state index contributed by atoms with van der Waals surface area (Å²) in [5.41, 5.74) is 0.617. The molecule has 1 fully saturated rings. The van der Waals surface area contributed by atoms with Crippen molar-refractivity contribution < 1.29 is 14.3 Å². The van der Waals surface area contributed by atoms with Gasteiger partial charge in [-0.05, 0) is 17.7 Å². The summed E-state index contributed by atoms with van der Waals surface area (Å²) < 4.78 is 12.9. The van der Waals surface area contributed by atoms with Crippen molar-refractivity contribution in [2.45, 2.75) is 17.4 Å². The van der Waals surface area contributed by atoms with Crippen molar-refractivity contribution in [3.05, 3.63) is 35.6 Å². The van der Waals surface area contributed by atoms with Crippen LogP contribution >= 0.6 is 11.8 Å². The van der Waals surface area contributed by atoms with Crippen LogP contribution in [-0.2, 0) is 10.5 Å². The van der Waals surface area contributed by atoms with Gasteiger partial charge >= 0.3 is 0 Å². The zero-order chi connectivity index (χ0) is 12.3. The molecule has 0 bridgehead atoms. The van der Waals surface area contributed by atoms with Crippen LogP contribution in [0, 0.1) is 5.82 Å².